The Morgan fingerprint density at radius 1 is 1.12 bits per heavy atom. The minimum atomic E-state index is 0.00220. The van der Waals surface area contributed by atoms with E-state index < -0.39 is 0 Å². The highest BCUT2D eigenvalue weighted by molar-refractivity contribution is 5.77. The van der Waals surface area contributed by atoms with E-state index in [1.54, 1.807) is 10.8 Å². The standard InChI is InChI=1S/C20H23N3O2/c1-15-8-10-22(11-9-15)14-19-21-18-7-3-2-6-17(18)20(24)23(19)13-16-5-4-12-25-16/h2-7,12,15H,8-11,13-14H2,1H3. The van der Waals surface area contributed by atoms with Crippen LogP contribution in [-0.2, 0) is 13.1 Å². The molecule has 0 N–H and O–H groups in total. The number of hydrogen-bond acceptors (Lipinski definition) is 4. The maximum atomic E-state index is 13.0. The van der Waals surface area contributed by atoms with Crippen LogP contribution in [-0.4, -0.2) is 27.5 Å². The van der Waals surface area contributed by atoms with Gasteiger partial charge in [-0.05, 0) is 56.1 Å². The number of para-hydroxylation sites is 1. The molecule has 0 amide bonds. The summed E-state index contributed by atoms with van der Waals surface area (Å²) in [6.45, 7) is 5.55. The molecular formula is C20H23N3O2. The lowest BCUT2D eigenvalue weighted by atomic mass is 9.99. The van der Waals surface area contributed by atoms with E-state index in [4.69, 9.17) is 9.40 Å². The summed E-state index contributed by atoms with van der Waals surface area (Å²) in [5.74, 6) is 2.37. The van der Waals surface area contributed by atoms with Crippen LogP contribution in [0.4, 0.5) is 0 Å². The highest BCUT2D eigenvalue weighted by Gasteiger charge is 2.19. The number of hydrogen-bond donors (Lipinski definition) is 0. The smallest absolute Gasteiger partial charge is 0.261 e. The topological polar surface area (TPSA) is 51.3 Å². The second kappa shape index (κ2) is 6.84. The summed E-state index contributed by atoms with van der Waals surface area (Å²) < 4.78 is 7.23. The molecule has 0 bridgehead atoms. The van der Waals surface area contributed by atoms with Gasteiger partial charge in [0.15, 0.2) is 0 Å². The van der Waals surface area contributed by atoms with Crippen LogP contribution in [0.2, 0.25) is 0 Å². The Kier molecular flexibility index (Phi) is 4.40. The van der Waals surface area contributed by atoms with Gasteiger partial charge in [0.2, 0.25) is 0 Å². The second-order valence-corrected chi connectivity index (χ2v) is 6.97. The Labute approximate surface area is 146 Å². The van der Waals surface area contributed by atoms with Crippen LogP contribution in [0.25, 0.3) is 10.9 Å². The van der Waals surface area contributed by atoms with Gasteiger partial charge in [0.05, 0.1) is 30.3 Å². The van der Waals surface area contributed by atoms with E-state index in [9.17, 15) is 4.79 Å². The molecule has 1 fully saturated rings. The van der Waals surface area contributed by atoms with Crippen LogP contribution >= 0.6 is 0 Å². The molecule has 2 aromatic heterocycles. The number of nitrogens with zero attached hydrogens (tertiary/aromatic N) is 3. The van der Waals surface area contributed by atoms with Gasteiger partial charge in [0.1, 0.15) is 11.6 Å². The summed E-state index contributed by atoms with van der Waals surface area (Å²) in [6.07, 6.45) is 4.05. The van der Waals surface area contributed by atoms with Crippen molar-refractivity contribution in [3.63, 3.8) is 0 Å². The van der Waals surface area contributed by atoms with E-state index in [1.165, 1.54) is 12.8 Å². The van der Waals surface area contributed by atoms with E-state index in [1.807, 2.05) is 36.4 Å². The van der Waals surface area contributed by atoms with Crippen LogP contribution in [0.5, 0.6) is 0 Å². The fourth-order valence-electron chi connectivity index (χ4n) is 3.48. The molecule has 0 aliphatic carbocycles. The first kappa shape index (κ1) is 16.1. The minimum Gasteiger partial charge on any atom is -0.467 e. The lowest BCUT2D eigenvalue weighted by molar-refractivity contribution is 0.179. The maximum absolute atomic E-state index is 13.0. The summed E-state index contributed by atoms with van der Waals surface area (Å²) in [6, 6.07) is 11.3. The summed E-state index contributed by atoms with van der Waals surface area (Å²) in [7, 11) is 0. The summed E-state index contributed by atoms with van der Waals surface area (Å²) in [5.41, 5.74) is 0.769. The molecule has 130 valence electrons. The lowest BCUT2D eigenvalue weighted by Crippen LogP contribution is -2.36. The van der Waals surface area contributed by atoms with E-state index in [2.05, 4.69) is 11.8 Å². The number of rotatable bonds is 4. The SMILES string of the molecule is CC1CCN(Cc2nc3ccccc3c(=O)n2Cc2ccco2)CC1. The highest BCUT2D eigenvalue weighted by atomic mass is 16.3. The molecule has 1 aromatic carbocycles. The summed E-state index contributed by atoms with van der Waals surface area (Å²) in [5, 5.41) is 0.657. The fourth-order valence-corrected chi connectivity index (χ4v) is 3.48. The van der Waals surface area contributed by atoms with Crippen LogP contribution in [0.3, 0.4) is 0 Å². The molecule has 25 heavy (non-hydrogen) atoms. The third-order valence-electron chi connectivity index (χ3n) is 5.08. The van der Waals surface area contributed by atoms with Gasteiger partial charge < -0.3 is 4.42 Å². The summed E-state index contributed by atoms with van der Waals surface area (Å²) in [4.78, 5) is 20.2. The van der Waals surface area contributed by atoms with Gasteiger partial charge in [0.25, 0.3) is 5.56 Å². The second-order valence-electron chi connectivity index (χ2n) is 6.97. The van der Waals surface area contributed by atoms with Crippen molar-refractivity contribution in [1.29, 1.82) is 0 Å². The van der Waals surface area contributed by atoms with E-state index in [0.29, 0.717) is 18.5 Å². The molecule has 0 spiro atoms. The molecule has 0 atom stereocenters. The molecule has 1 aliphatic rings. The van der Waals surface area contributed by atoms with Gasteiger partial charge in [0, 0.05) is 0 Å². The van der Waals surface area contributed by atoms with Gasteiger partial charge in [-0.2, -0.15) is 0 Å². The van der Waals surface area contributed by atoms with Crippen molar-refractivity contribution >= 4 is 10.9 Å². The first-order chi connectivity index (χ1) is 12.2. The quantitative estimate of drug-likeness (QED) is 0.733. The zero-order valence-electron chi connectivity index (χ0n) is 14.5. The van der Waals surface area contributed by atoms with Gasteiger partial charge >= 0.3 is 0 Å². The normalized spacial score (nSPS) is 16.5. The average molecular weight is 337 g/mol. The van der Waals surface area contributed by atoms with Crippen molar-refractivity contribution in [1.82, 2.24) is 14.5 Å². The van der Waals surface area contributed by atoms with Crippen LogP contribution in [0.15, 0.2) is 51.9 Å². The number of piperidine rings is 1. The molecule has 0 unspecified atom stereocenters. The van der Waals surface area contributed by atoms with E-state index in [0.717, 1.165) is 36.1 Å². The van der Waals surface area contributed by atoms with Crippen LogP contribution in [0.1, 0.15) is 31.4 Å². The molecule has 1 aliphatic heterocycles. The zero-order valence-corrected chi connectivity index (χ0v) is 14.5. The van der Waals surface area contributed by atoms with Crippen molar-refractivity contribution in [2.24, 2.45) is 5.92 Å². The minimum absolute atomic E-state index is 0.00220. The molecule has 3 aromatic rings. The number of fused-ring (bicyclic) bond motifs is 1. The van der Waals surface area contributed by atoms with Crippen molar-refractivity contribution in [3.05, 3.63) is 64.6 Å². The van der Waals surface area contributed by atoms with Crippen LogP contribution in [0, 0.1) is 5.92 Å². The Bertz CT molecular complexity index is 906. The lowest BCUT2D eigenvalue weighted by Gasteiger charge is -2.30. The van der Waals surface area contributed by atoms with Gasteiger partial charge in [-0.25, -0.2) is 4.98 Å². The Balaban J connectivity index is 1.73. The van der Waals surface area contributed by atoms with Gasteiger partial charge in [-0.3, -0.25) is 14.3 Å². The molecule has 1 saturated heterocycles. The number of furan rings is 1. The highest BCUT2D eigenvalue weighted by Crippen LogP contribution is 2.18. The van der Waals surface area contributed by atoms with Crippen molar-refractivity contribution in [3.8, 4) is 0 Å². The molecular weight excluding hydrogens is 314 g/mol. The van der Waals surface area contributed by atoms with Crippen molar-refractivity contribution < 1.29 is 4.42 Å². The Morgan fingerprint density at radius 3 is 2.68 bits per heavy atom. The predicted molar refractivity (Wildman–Crippen MR) is 97.5 cm³/mol. The van der Waals surface area contributed by atoms with E-state index >= 15 is 0 Å². The first-order valence-corrected chi connectivity index (χ1v) is 8.94. The summed E-state index contributed by atoms with van der Waals surface area (Å²) >= 11 is 0. The molecule has 5 heteroatoms. The number of benzene rings is 1. The Hall–Kier alpha value is -2.40. The van der Waals surface area contributed by atoms with Crippen molar-refractivity contribution in [2.45, 2.75) is 32.9 Å². The maximum Gasteiger partial charge on any atom is 0.261 e. The van der Waals surface area contributed by atoms with Gasteiger partial charge in [-0.1, -0.05) is 19.1 Å². The zero-order chi connectivity index (χ0) is 17.2. The predicted octanol–water partition coefficient (Wildman–Crippen LogP) is 3.27. The van der Waals surface area contributed by atoms with E-state index in [-0.39, 0.29) is 5.56 Å². The largest absolute Gasteiger partial charge is 0.467 e. The molecule has 5 nitrogen and oxygen atoms in total. The first-order valence-electron chi connectivity index (χ1n) is 8.94. The third-order valence-corrected chi connectivity index (χ3v) is 5.08. The number of aromatic nitrogens is 2. The molecule has 4 rings (SSSR count). The van der Waals surface area contributed by atoms with Crippen molar-refractivity contribution in [2.75, 3.05) is 13.1 Å². The molecule has 0 radical (unpaired) electrons. The average Bonchev–Trinajstić information content (AvgIpc) is 3.13. The third kappa shape index (κ3) is 3.37. The molecule has 3 heterocycles. The molecule has 0 saturated carbocycles. The Morgan fingerprint density at radius 2 is 1.92 bits per heavy atom. The number of likely N-dealkylation sites (tertiary alicyclic amines) is 1. The van der Waals surface area contributed by atoms with Gasteiger partial charge in [-0.15, -0.1) is 0 Å². The van der Waals surface area contributed by atoms with Crippen LogP contribution < -0.4 is 5.56 Å². The fraction of sp³-hybridized carbons (Fsp3) is 0.400. The monoisotopic (exact) mass is 337 g/mol.